The highest BCUT2D eigenvalue weighted by Gasteiger charge is 2.34. The number of benzene rings is 1. The molecule has 2 rings (SSSR count). The van der Waals surface area contributed by atoms with Gasteiger partial charge >= 0.3 is 0 Å². The normalized spacial score (nSPS) is 24.4. The third-order valence-electron chi connectivity index (χ3n) is 3.16. The van der Waals surface area contributed by atoms with E-state index in [0.717, 1.165) is 0 Å². The predicted molar refractivity (Wildman–Crippen MR) is 63.6 cm³/mol. The topological polar surface area (TPSA) is 71.4 Å². The minimum atomic E-state index is -3.02. The van der Waals surface area contributed by atoms with Gasteiger partial charge < -0.3 is 5.11 Å². The zero-order chi connectivity index (χ0) is 12.5. The van der Waals surface area contributed by atoms with Gasteiger partial charge in [0.2, 0.25) is 0 Å². The summed E-state index contributed by atoms with van der Waals surface area (Å²) in [7, 11) is -3.02. The van der Waals surface area contributed by atoms with Crippen molar-refractivity contribution >= 4 is 16.1 Å². The smallest absolute Gasteiger partial charge is 0.150 e. The van der Waals surface area contributed by atoms with Crippen LogP contribution in [0.15, 0.2) is 24.3 Å². The van der Waals surface area contributed by atoms with Gasteiger partial charge in [-0.3, -0.25) is 4.79 Å². The van der Waals surface area contributed by atoms with Gasteiger partial charge in [0.15, 0.2) is 9.84 Å². The molecule has 2 unspecified atom stereocenters. The van der Waals surface area contributed by atoms with E-state index in [1.165, 1.54) is 0 Å². The van der Waals surface area contributed by atoms with Crippen molar-refractivity contribution in [3.8, 4) is 0 Å². The lowest BCUT2D eigenvalue weighted by atomic mass is 9.92. The monoisotopic (exact) mass is 254 g/mol. The Morgan fingerprint density at radius 1 is 1.35 bits per heavy atom. The molecule has 0 aromatic heterocycles. The number of aldehydes is 1. The van der Waals surface area contributed by atoms with Crippen LogP contribution in [0.4, 0.5) is 0 Å². The largest absolute Gasteiger partial charge is 0.388 e. The minimum Gasteiger partial charge on any atom is -0.388 e. The SMILES string of the molecule is O=Cc1ccccc1C(O)C1CCS(=O)(=O)C1. The fourth-order valence-electron chi connectivity index (χ4n) is 2.21. The van der Waals surface area contributed by atoms with Crippen LogP contribution < -0.4 is 0 Å². The molecule has 1 saturated heterocycles. The lowest BCUT2D eigenvalue weighted by Crippen LogP contribution is -2.15. The Kier molecular flexibility index (Phi) is 3.31. The number of rotatable bonds is 3. The van der Waals surface area contributed by atoms with Gasteiger partial charge in [0.25, 0.3) is 0 Å². The fraction of sp³-hybridized carbons (Fsp3) is 0.417. The summed E-state index contributed by atoms with van der Waals surface area (Å²) in [6, 6.07) is 6.73. The van der Waals surface area contributed by atoms with Gasteiger partial charge in [0.1, 0.15) is 6.29 Å². The summed E-state index contributed by atoms with van der Waals surface area (Å²) in [4.78, 5) is 10.8. The summed E-state index contributed by atoms with van der Waals surface area (Å²) in [5, 5.41) is 10.1. The van der Waals surface area contributed by atoms with Crippen LogP contribution in [-0.2, 0) is 9.84 Å². The zero-order valence-corrected chi connectivity index (χ0v) is 10.1. The molecule has 1 N–H and O–H groups in total. The maximum atomic E-state index is 11.4. The molecule has 17 heavy (non-hydrogen) atoms. The number of hydrogen-bond donors (Lipinski definition) is 1. The van der Waals surface area contributed by atoms with Gasteiger partial charge in [-0.1, -0.05) is 24.3 Å². The van der Waals surface area contributed by atoms with Crippen LogP contribution in [0.5, 0.6) is 0 Å². The van der Waals surface area contributed by atoms with E-state index in [9.17, 15) is 18.3 Å². The average Bonchev–Trinajstić information content (AvgIpc) is 2.68. The van der Waals surface area contributed by atoms with Crippen molar-refractivity contribution in [3.63, 3.8) is 0 Å². The zero-order valence-electron chi connectivity index (χ0n) is 9.24. The summed E-state index contributed by atoms with van der Waals surface area (Å²) in [6.07, 6.45) is 0.257. The molecular weight excluding hydrogens is 240 g/mol. The highest BCUT2D eigenvalue weighted by atomic mass is 32.2. The van der Waals surface area contributed by atoms with Crippen molar-refractivity contribution in [1.82, 2.24) is 0 Å². The first kappa shape index (κ1) is 12.3. The number of aliphatic hydroxyl groups excluding tert-OH is 1. The Morgan fingerprint density at radius 2 is 2.06 bits per heavy atom. The van der Waals surface area contributed by atoms with Gasteiger partial charge in [-0.05, 0) is 12.0 Å². The van der Waals surface area contributed by atoms with Crippen LogP contribution in [0.2, 0.25) is 0 Å². The number of carbonyl (C=O) groups is 1. The minimum absolute atomic E-state index is 0.00135. The third kappa shape index (κ3) is 2.56. The van der Waals surface area contributed by atoms with Crippen molar-refractivity contribution in [1.29, 1.82) is 0 Å². The van der Waals surface area contributed by atoms with Gasteiger partial charge in [-0.25, -0.2) is 8.42 Å². The fourth-order valence-corrected chi connectivity index (χ4v) is 4.04. The Bertz CT molecular complexity index is 521. The highest BCUT2D eigenvalue weighted by Crippen LogP contribution is 2.32. The molecule has 1 aliphatic heterocycles. The standard InChI is InChI=1S/C12H14O4S/c13-7-9-3-1-2-4-11(9)12(14)10-5-6-17(15,16)8-10/h1-4,7,10,12,14H,5-6,8H2. The van der Waals surface area contributed by atoms with Gasteiger partial charge in [-0.2, -0.15) is 0 Å². The van der Waals surface area contributed by atoms with E-state index in [2.05, 4.69) is 0 Å². The quantitative estimate of drug-likeness (QED) is 0.816. The number of hydrogen-bond acceptors (Lipinski definition) is 4. The molecule has 92 valence electrons. The van der Waals surface area contributed by atoms with E-state index in [1.54, 1.807) is 24.3 Å². The Balaban J connectivity index is 2.26. The Hall–Kier alpha value is -1.20. The van der Waals surface area contributed by atoms with E-state index in [1.807, 2.05) is 0 Å². The number of sulfone groups is 1. The first-order chi connectivity index (χ1) is 8.03. The lowest BCUT2D eigenvalue weighted by Gasteiger charge is -2.18. The summed E-state index contributed by atoms with van der Waals surface area (Å²) < 4.78 is 22.7. The van der Waals surface area contributed by atoms with Crippen LogP contribution in [-0.4, -0.2) is 31.3 Å². The molecule has 0 radical (unpaired) electrons. The summed E-state index contributed by atoms with van der Waals surface area (Å²) >= 11 is 0. The third-order valence-corrected chi connectivity index (χ3v) is 4.95. The molecule has 1 aromatic rings. The molecule has 0 spiro atoms. The molecule has 0 amide bonds. The first-order valence-corrected chi connectivity index (χ1v) is 7.28. The van der Waals surface area contributed by atoms with Crippen LogP contribution in [0.25, 0.3) is 0 Å². The maximum absolute atomic E-state index is 11.4. The van der Waals surface area contributed by atoms with Gasteiger partial charge in [0.05, 0.1) is 17.6 Å². The van der Waals surface area contributed by atoms with E-state index in [-0.39, 0.29) is 17.4 Å². The molecule has 5 heteroatoms. The average molecular weight is 254 g/mol. The molecule has 0 saturated carbocycles. The van der Waals surface area contributed by atoms with E-state index in [0.29, 0.717) is 23.8 Å². The Morgan fingerprint density at radius 3 is 2.65 bits per heavy atom. The second kappa shape index (κ2) is 4.58. The van der Waals surface area contributed by atoms with E-state index < -0.39 is 15.9 Å². The molecule has 1 aromatic carbocycles. The second-order valence-electron chi connectivity index (χ2n) is 4.35. The van der Waals surface area contributed by atoms with Crippen molar-refractivity contribution in [2.24, 2.45) is 5.92 Å². The van der Waals surface area contributed by atoms with Crippen molar-refractivity contribution in [2.75, 3.05) is 11.5 Å². The van der Waals surface area contributed by atoms with Gasteiger partial charge in [-0.15, -0.1) is 0 Å². The van der Waals surface area contributed by atoms with Crippen LogP contribution in [0.3, 0.4) is 0 Å². The molecule has 0 bridgehead atoms. The number of aliphatic hydroxyl groups is 1. The lowest BCUT2D eigenvalue weighted by molar-refractivity contribution is 0.108. The first-order valence-electron chi connectivity index (χ1n) is 5.46. The summed E-state index contributed by atoms with van der Waals surface area (Å²) in [6.45, 7) is 0. The molecule has 1 aliphatic rings. The van der Waals surface area contributed by atoms with Crippen LogP contribution >= 0.6 is 0 Å². The van der Waals surface area contributed by atoms with E-state index in [4.69, 9.17) is 0 Å². The number of carbonyl (C=O) groups excluding carboxylic acids is 1. The molecule has 1 fully saturated rings. The van der Waals surface area contributed by atoms with Crippen molar-refractivity contribution < 1.29 is 18.3 Å². The highest BCUT2D eigenvalue weighted by molar-refractivity contribution is 7.91. The molecule has 0 aliphatic carbocycles. The maximum Gasteiger partial charge on any atom is 0.150 e. The van der Waals surface area contributed by atoms with Crippen molar-refractivity contribution in [2.45, 2.75) is 12.5 Å². The van der Waals surface area contributed by atoms with E-state index >= 15 is 0 Å². The molecule has 1 heterocycles. The summed E-state index contributed by atoms with van der Waals surface area (Å²) in [5.74, 6) is -0.180. The predicted octanol–water partition coefficient (Wildman–Crippen LogP) is 0.967. The van der Waals surface area contributed by atoms with Gasteiger partial charge in [0, 0.05) is 11.5 Å². The van der Waals surface area contributed by atoms with Crippen LogP contribution in [0.1, 0.15) is 28.4 Å². The summed E-state index contributed by atoms with van der Waals surface area (Å²) in [5.41, 5.74) is 0.939. The van der Waals surface area contributed by atoms with Crippen molar-refractivity contribution in [3.05, 3.63) is 35.4 Å². The molecule has 2 atom stereocenters. The van der Waals surface area contributed by atoms with Crippen LogP contribution in [0, 0.1) is 5.92 Å². The molecule has 4 nitrogen and oxygen atoms in total. The molecular formula is C12H14O4S. The Labute approximate surface area is 100 Å². The second-order valence-corrected chi connectivity index (χ2v) is 6.58.